The Morgan fingerprint density at radius 2 is 1.91 bits per heavy atom. The minimum absolute atomic E-state index is 0.261. The lowest BCUT2D eigenvalue weighted by atomic mass is 10.1. The van der Waals surface area contributed by atoms with Crippen molar-refractivity contribution in [2.45, 2.75) is 13.0 Å². The van der Waals surface area contributed by atoms with Crippen molar-refractivity contribution in [3.63, 3.8) is 0 Å². The lowest BCUT2D eigenvalue weighted by Gasteiger charge is -2.06. The highest BCUT2D eigenvalue weighted by Crippen LogP contribution is 2.18. The second kappa shape index (κ2) is 3.85. The van der Waals surface area contributed by atoms with Crippen molar-refractivity contribution in [3.8, 4) is 0 Å². The summed E-state index contributed by atoms with van der Waals surface area (Å²) >= 11 is 3.31. The van der Waals surface area contributed by atoms with E-state index in [1.54, 1.807) is 6.92 Å². The van der Waals surface area contributed by atoms with E-state index >= 15 is 0 Å². The van der Waals surface area contributed by atoms with Gasteiger partial charge >= 0.3 is 0 Å². The maximum atomic E-state index is 8.35. The smallest absolute Gasteiger partial charge is 0.115 e. The molecule has 0 unspecified atom stereocenters. The van der Waals surface area contributed by atoms with Crippen LogP contribution in [0.1, 0.15) is 18.6 Å². The monoisotopic (exact) mass is 216 g/mol. The number of halogens is 1. The van der Waals surface area contributed by atoms with Gasteiger partial charge in [0.25, 0.3) is 0 Å². The minimum atomic E-state index is -0.261. The molecule has 60 valence electrons. The highest BCUT2D eigenvalue weighted by molar-refractivity contribution is 9.10. The Morgan fingerprint density at radius 3 is 2.36 bits per heavy atom. The molecular formula is C8H9BrO2. The molecule has 0 heterocycles. The minimum Gasteiger partial charge on any atom is -0.251 e. The van der Waals surface area contributed by atoms with Gasteiger partial charge in [0.05, 0.1) is 0 Å². The van der Waals surface area contributed by atoms with E-state index < -0.39 is 0 Å². The van der Waals surface area contributed by atoms with Crippen LogP contribution in [-0.2, 0) is 4.89 Å². The molecule has 2 nitrogen and oxygen atoms in total. The van der Waals surface area contributed by atoms with Crippen LogP contribution in [0.25, 0.3) is 0 Å². The molecule has 0 radical (unpaired) electrons. The quantitative estimate of drug-likeness (QED) is 0.609. The summed E-state index contributed by atoms with van der Waals surface area (Å²) in [6, 6.07) is 7.60. The Labute approximate surface area is 73.9 Å². The summed E-state index contributed by atoms with van der Waals surface area (Å²) in [5, 5.41) is 8.35. The van der Waals surface area contributed by atoms with Gasteiger partial charge < -0.3 is 0 Å². The third-order valence-corrected chi connectivity index (χ3v) is 2.03. The van der Waals surface area contributed by atoms with Crippen molar-refractivity contribution in [2.75, 3.05) is 0 Å². The molecule has 0 spiro atoms. The third kappa shape index (κ3) is 2.29. The Hall–Kier alpha value is -0.380. The summed E-state index contributed by atoms with van der Waals surface area (Å²) in [6.45, 7) is 1.78. The Morgan fingerprint density at radius 1 is 1.36 bits per heavy atom. The van der Waals surface area contributed by atoms with Gasteiger partial charge in [-0.25, -0.2) is 4.89 Å². The average Bonchev–Trinajstić information content (AvgIpc) is 2.05. The van der Waals surface area contributed by atoms with E-state index in [2.05, 4.69) is 20.8 Å². The fraction of sp³-hybridized carbons (Fsp3) is 0.250. The van der Waals surface area contributed by atoms with Crippen LogP contribution < -0.4 is 0 Å². The van der Waals surface area contributed by atoms with Crippen molar-refractivity contribution < 1.29 is 10.1 Å². The molecule has 3 heteroatoms. The van der Waals surface area contributed by atoms with Crippen molar-refractivity contribution in [1.29, 1.82) is 0 Å². The van der Waals surface area contributed by atoms with E-state index in [9.17, 15) is 0 Å². The van der Waals surface area contributed by atoms with Crippen LogP contribution in [0.5, 0.6) is 0 Å². The van der Waals surface area contributed by atoms with Gasteiger partial charge in [-0.15, -0.1) is 0 Å². The lowest BCUT2D eigenvalue weighted by molar-refractivity contribution is -0.277. The summed E-state index contributed by atoms with van der Waals surface area (Å²) < 4.78 is 1.02. The molecule has 1 aromatic rings. The van der Waals surface area contributed by atoms with Crippen LogP contribution in [0, 0.1) is 0 Å². The van der Waals surface area contributed by atoms with Gasteiger partial charge in [0.2, 0.25) is 0 Å². The molecule has 0 aliphatic carbocycles. The van der Waals surface area contributed by atoms with Gasteiger partial charge in [-0.2, -0.15) is 0 Å². The van der Waals surface area contributed by atoms with E-state index in [4.69, 9.17) is 5.26 Å². The number of hydrogen-bond donors (Lipinski definition) is 1. The summed E-state index contributed by atoms with van der Waals surface area (Å²) in [4.78, 5) is 4.16. The fourth-order valence-corrected chi connectivity index (χ4v) is 1.06. The predicted octanol–water partition coefficient (Wildman–Crippen LogP) is 3.00. The Balaban J connectivity index is 2.81. The summed E-state index contributed by atoms with van der Waals surface area (Å²) in [5.41, 5.74) is 0.954. The fourth-order valence-electron chi connectivity index (χ4n) is 0.795. The van der Waals surface area contributed by atoms with Gasteiger partial charge in [0.15, 0.2) is 0 Å². The molecule has 1 rings (SSSR count). The van der Waals surface area contributed by atoms with Crippen molar-refractivity contribution in [2.24, 2.45) is 0 Å². The maximum absolute atomic E-state index is 8.35. The summed E-state index contributed by atoms with van der Waals surface area (Å²) in [7, 11) is 0. The van der Waals surface area contributed by atoms with Crippen LogP contribution in [-0.4, -0.2) is 5.26 Å². The Bertz CT molecular complexity index is 220. The highest BCUT2D eigenvalue weighted by Gasteiger charge is 2.03. The molecule has 0 aliphatic rings. The van der Waals surface area contributed by atoms with Crippen LogP contribution in [0.15, 0.2) is 28.7 Å². The van der Waals surface area contributed by atoms with Gasteiger partial charge in [-0.3, -0.25) is 5.26 Å². The van der Waals surface area contributed by atoms with Crippen molar-refractivity contribution >= 4 is 15.9 Å². The Kier molecular flexibility index (Phi) is 3.05. The van der Waals surface area contributed by atoms with E-state index in [0.717, 1.165) is 10.0 Å². The van der Waals surface area contributed by atoms with E-state index in [1.807, 2.05) is 24.3 Å². The molecule has 1 N–H and O–H groups in total. The van der Waals surface area contributed by atoms with E-state index in [0.29, 0.717) is 0 Å². The standard InChI is InChI=1S/C8H9BrO2/c1-6(11-10)7-2-4-8(9)5-3-7/h2-6,10H,1H3/t6-/m0/s1. The topological polar surface area (TPSA) is 29.5 Å². The van der Waals surface area contributed by atoms with Crippen molar-refractivity contribution in [1.82, 2.24) is 0 Å². The molecule has 0 aromatic heterocycles. The zero-order valence-corrected chi connectivity index (χ0v) is 7.71. The second-order valence-corrected chi connectivity index (χ2v) is 3.21. The summed E-state index contributed by atoms with van der Waals surface area (Å²) in [6.07, 6.45) is -0.261. The summed E-state index contributed by atoms with van der Waals surface area (Å²) in [5.74, 6) is 0. The van der Waals surface area contributed by atoms with Crippen LogP contribution in [0.4, 0.5) is 0 Å². The predicted molar refractivity (Wildman–Crippen MR) is 46.3 cm³/mol. The molecule has 0 bridgehead atoms. The first kappa shape index (κ1) is 8.71. The van der Waals surface area contributed by atoms with Gasteiger partial charge in [0, 0.05) is 4.47 Å². The number of hydrogen-bond acceptors (Lipinski definition) is 2. The van der Waals surface area contributed by atoms with E-state index in [1.165, 1.54) is 0 Å². The van der Waals surface area contributed by atoms with Gasteiger partial charge in [-0.1, -0.05) is 28.1 Å². The van der Waals surface area contributed by atoms with Crippen LogP contribution in [0.3, 0.4) is 0 Å². The first-order valence-corrected chi connectivity index (χ1v) is 4.09. The molecule has 0 aliphatic heterocycles. The zero-order chi connectivity index (χ0) is 8.27. The van der Waals surface area contributed by atoms with Crippen molar-refractivity contribution in [3.05, 3.63) is 34.3 Å². The van der Waals surface area contributed by atoms with Crippen LogP contribution >= 0.6 is 15.9 Å². The van der Waals surface area contributed by atoms with Crippen LogP contribution in [0.2, 0.25) is 0 Å². The van der Waals surface area contributed by atoms with E-state index in [-0.39, 0.29) is 6.10 Å². The largest absolute Gasteiger partial charge is 0.251 e. The SMILES string of the molecule is C[C@H](OO)c1ccc(Br)cc1. The molecule has 0 saturated carbocycles. The normalized spacial score (nSPS) is 13.0. The third-order valence-electron chi connectivity index (χ3n) is 1.50. The molecule has 0 fully saturated rings. The molecular weight excluding hydrogens is 208 g/mol. The zero-order valence-electron chi connectivity index (χ0n) is 6.12. The molecule has 1 aromatic carbocycles. The first-order valence-electron chi connectivity index (χ1n) is 3.29. The first-order chi connectivity index (χ1) is 5.24. The molecule has 11 heavy (non-hydrogen) atoms. The highest BCUT2D eigenvalue weighted by atomic mass is 79.9. The average molecular weight is 217 g/mol. The number of benzene rings is 1. The second-order valence-electron chi connectivity index (χ2n) is 2.30. The number of rotatable bonds is 2. The lowest BCUT2D eigenvalue weighted by Crippen LogP contribution is -1.94. The molecule has 1 atom stereocenters. The van der Waals surface area contributed by atoms with Gasteiger partial charge in [0.1, 0.15) is 6.10 Å². The van der Waals surface area contributed by atoms with Gasteiger partial charge in [-0.05, 0) is 24.6 Å². The molecule has 0 amide bonds. The maximum Gasteiger partial charge on any atom is 0.115 e. The molecule has 0 saturated heterocycles.